The van der Waals surface area contributed by atoms with E-state index in [4.69, 9.17) is 9.47 Å². The molecule has 1 aromatic carbocycles. The second-order valence-corrected chi connectivity index (χ2v) is 4.66. The molecule has 0 bridgehead atoms. The molecular formula is C14H20O3. The van der Waals surface area contributed by atoms with Crippen LogP contribution in [0.5, 0.6) is 5.75 Å². The van der Waals surface area contributed by atoms with Gasteiger partial charge in [-0.05, 0) is 38.3 Å². The molecule has 1 aliphatic heterocycles. The summed E-state index contributed by atoms with van der Waals surface area (Å²) >= 11 is 0. The van der Waals surface area contributed by atoms with Crippen LogP contribution in [-0.4, -0.2) is 24.4 Å². The van der Waals surface area contributed by atoms with Crippen LogP contribution in [0.1, 0.15) is 37.0 Å². The van der Waals surface area contributed by atoms with Gasteiger partial charge in [0.2, 0.25) is 0 Å². The number of hydrogen-bond acceptors (Lipinski definition) is 3. The second-order valence-electron chi connectivity index (χ2n) is 4.66. The minimum atomic E-state index is -0.505. The third-order valence-corrected chi connectivity index (χ3v) is 3.07. The van der Waals surface area contributed by atoms with Crippen molar-refractivity contribution < 1.29 is 14.6 Å². The van der Waals surface area contributed by atoms with E-state index in [1.165, 1.54) is 0 Å². The van der Waals surface area contributed by atoms with Crippen LogP contribution in [0.25, 0.3) is 0 Å². The lowest BCUT2D eigenvalue weighted by molar-refractivity contribution is 0.0664. The first-order valence-corrected chi connectivity index (χ1v) is 6.20. The van der Waals surface area contributed by atoms with Gasteiger partial charge in [-0.25, -0.2) is 0 Å². The van der Waals surface area contributed by atoms with Crippen LogP contribution in [0.2, 0.25) is 0 Å². The molecule has 1 N–H and O–H groups in total. The highest BCUT2D eigenvalue weighted by atomic mass is 16.5. The van der Waals surface area contributed by atoms with Gasteiger partial charge in [0, 0.05) is 12.2 Å². The van der Waals surface area contributed by atoms with Gasteiger partial charge in [0.1, 0.15) is 12.4 Å². The van der Waals surface area contributed by atoms with Gasteiger partial charge in [-0.3, -0.25) is 0 Å². The molecule has 0 aliphatic carbocycles. The van der Waals surface area contributed by atoms with Gasteiger partial charge in [-0.1, -0.05) is 12.1 Å². The largest absolute Gasteiger partial charge is 0.490 e. The number of ether oxygens (including phenoxy) is 2. The number of hydrogen-bond donors (Lipinski definition) is 1. The molecule has 2 atom stereocenters. The number of aryl methyl sites for hydroxylation is 1. The average molecular weight is 236 g/mol. The summed E-state index contributed by atoms with van der Waals surface area (Å²) in [6.07, 6.45) is 1.88. The molecule has 1 saturated heterocycles. The van der Waals surface area contributed by atoms with Gasteiger partial charge in [0.05, 0.1) is 12.2 Å². The number of aliphatic hydroxyl groups is 1. The maximum absolute atomic E-state index is 9.68. The van der Waals surface area contributed by atoms with E-state index in [1.54, 1.807) is 6.92 Å². The summed E-state index contributed by atoms with van der Waals surface area (Å²) in [7, 11) is 0. The standard InChI is InChI=1S/C14H20O3/c1-10-5-6-13(11(2)15)14(8-10)17-9-12-4-3-7-16-12/h5-6,8,11-12,15H,3-4,7,9H2,1-2H3/t11-,12?/m1/s1. The third-order valence-electron chi connectivity index (χ3n) is 3.07. The molecule has 0 amide bonds. The Labute approximate surface area is 102 Å². The number of rotatable bonds is 4. The Morgan fingerprint density at radius 2 is 2.35 bits per heavy atom. The maximum atomic E-state index is 9.68. The highest BCUT2D eigenvalue weighted by Gasteiger charge is 2.17. The fourth-order valence-electron chi connectivity index (χ4n) is 2.07. The normalized spacial score (nSPS) is 21.5. The van der Waals surface area contributed by atoms with Crippen LogP contribution < -0.4 is 4.74 Å². The maximum Gasteiger partial charge on any atom is 0.125 e. The van der Waals surface area contributed by atoms with Crippen molar-refractivity contribution in [3.05, 3.63) is 29.3 Å². The Morgan fingerprint density at radius 1 is 1.53 bits per heavy atom. The van der Waals surface area contributed by atoms with Gasteiger partial charge >= 0.3 is 0 Å². The second kappa shape index (κ2) is 5.52. The summed E-state index contributed by atoms with van der Waals surface area (Å²) in [5.74, 6) is 0.774. The van der Waals surface area contributed by atoms with E-state index in [0.717, 1.165) is 36.3 Å². The molecule has 1 aromatic rings. The van der Waals surface area contributed by atoms with Gasteiger partial charge in [0.15, 0.2) is 0 Å². The van der Waals surface area contributed by atoms with Crippen molar-refractivity contribution in [2.45, 2.75) is 38.9 Å². The fraction of sp³-hybridized carbons (Fsp3) is 0.571. The first-order chi connectivity index (χ1) is 8.16. The highest BCUT2D eigenvalue weighted by Crippen LogP contribution is 2.27. The zero-order chi connectivity index (χ0) is 12.3. The summed E-state index contributed by atoms with van der Waals surface area (Å²) in [6, 6.07) is 5.88. The highest BCUT2D eigenvalue weighted by molar-refractivity contribution is 5.38. The van der Waals surface area contributed by atoms with Crippen LogP contribution in [0.15, 0.2) is 18.2 Å². The Bertz CT molecular complexity index is 368. The smallest absolute Gasteiger partial charge is 0.125 e. The van der Waals surface area contributed by atoms with Crippen LogP contribution in [0.3, 0.4) is 0 Å². The van der Waals surface area contributed by atoms with Crippen molar-refractivity contribution in [1.82, 2.24) is 0 Å². The first-order valence-electron chi connectivity index (χ1n) is 6.20. The minimum absolute atomic E-state index is 0.206. The molecule has 3 nitrogen and oxygen atoms in total. The lowest BCUT2D eigenvalue weighted by atomic mass is 10.1. The molecule has 2 rings (SSSR count). The minimum Gasteiger partial charge on any atom is -0.490 e. The molecule has 1 heterocycles. The van der Waals surface area contributed by atoms with Crippen molar-refractivity contribution in [1.29, 1.82) is 0 Å². The van der Waals surface area contributed by atoms with E-state index in [0.29, 0.717) is 6.61 Å². The zero-order valence-corrected chi connectivity index (χ0v) is 10.5. The summed E-state index contributed by atoms with van der Waals surface area (Å²) in [4.78, 5) is 0. The Balaban J connectivity index is 2.04. The molecule has 94 valence electrons. The predicted octanol–water partition coefficient (Wildman–Crippen LogP) is 2.61. The van der Waals surface area contributed by atoms with Crippen LogP contribution >= 0.6 is 0 Å². The van der Waals surface area contributed by atoms with E-state index in [1.807, 2.05) is 25.1 Å². The van der Waals surface area contributed by atoms with E-state index < -0.39 is 6.10 Å². The Hall–Kier alpha value is -1.06. The molecule has 1 fully saturated rings. The summed E-state index contributed by atoms with van der Waals surface area (Å²) < 4.78 is 11.3. The van der Waals surface area contributed by atoms with E-state index in [9.17, 15) is 5.11 Å². The molecule has 1 aliphatic rings. The number of aliphatic hydroxyl groups excluding tert-OH is 1. The SMILES string of the molecule is Cc1ccc([C@@H](C)O)c(OCC2CCCO2)c1. The fourth-order valence-corrected chi connectivity index (χ4v) is 2.07. The summed E-state index contributed by atoms with van der Waals surface area (Å²) in [5, 5.41) is 9.68. The van der Waals surface area contributed by atoms with Gasteiger partial charge < -0.3 is 14.6 Å². The van der Waals surface area contributed by atoms with Crippen LogP contribution in [-0.2, 0) is 4.74 Å². The van der Waals surface area contributed by atoms with Gasteiger partial charge in [-0.15, -0.1) is 0 Å². The lowest BCUT2D eigenvalue weighted by Crippen LogP contribution is -2.17. The van der Waals surface area contributed by atoms with Crippen molar-refractivity contribution in [3.8, 4) is 5.75 Å². The van der Waals surface area contributed by atoms with Crippen molar-refractivity contribution in [2.24, 2.45) is 0 Å². The molecule has 3 heteroatoms. The predicted molar refractivity (Wildman–Crippen MR) is 66.3 cm³/mol. The third kappa shape index (κ3) is 3.20. The zero-order valence-electron chi connectivity index (χ0n) is 10.5. The van der Waals surface area contributed by atoms with Crippen molar-refractivity contribution >= 4 is 0 Å². The van der Waals surface area contributed by atoms with Crippen molar-refractivity contribution in [3.63, 3.8) is 0 Å². The molecule has 0 aromatic heterocycles. The molecule has 17 heavy (non-hydrogen) atoms. The van der Waals surface area contributed by atoms with Gasteiger partial charge in [0.25, 0.3) is 0 Å². The van der Waals surface area contributed by atoms with Crippen LogP contribution in [0, 0.1) is 6.92 Å². The lowest BCUT2D eigenvalue weighted by Gasteiger charge is -2.16. The average Bonchev–Trinajstić information content (AvgIpc) is 2.78. The summed E-state index contributed by atoms with van der Waals surface area (Å²) in [5.41, 5.74) is 1.98. The summed E-state index contributed by atoms with van der Waals surface area (Å²) in [6.45, 7) is 5.18. The molecule has 0 spiro atoms. The van der Waals surface area contributed by atoms with Crippen molar-refractivity contribution in [2.75, 3.05) is 13.2 Å². The first kappa shape index (κ1) is 12.4. The number of benzene rings is 1. The molecule has 1 unspecified atom stereocenters. The molecule has 0 radical (unpaired) electrons. The van der Waals surface area contributed by atoms with E-state index in [-0.39, 0.29) is 6.10 Å². The Kier molecular flexibility index (Phi) is 4.02. The quantitative estimate of drug-likeness (QED) is 0.873. The monoisotopic (exact) mass is 236 g/mol. The van der Waals surface area contributed by atoms with E-state index in [2.05, 4.69) is 0 Å². The molecular weight excluding hydrogens is 216 g/mol. The van der Waals surface area contributed by atoms with Gasteiger partial charge in [-0.2, -0.15) is 0 Å². The Morgan fingerprint density at radius 3 is 3.00 bits per heavy atom. The topological polar surface area (TPSA) is 38.7 Å². The van der Waals surface area contributed by atoms with E-state index >= 15 is 0 Å². The van der Waals surface area contributed by atoms with Crippen LogP contribution in [0.4, 0.5) is 0 Å². The molecule has 0 saturated carbocycles.